The molecule has 0 aliphatic heterocycles. The van der Waals surface area contributed by atoms with Crippen molar-refractivity contribution in [3.05, 3.63) is 71.3 Å². The molecule has 2 nitrogen and oxygen atoms in total. The van der Waals surface area contributed by atoms with E-state index in [4.69, 9.17) is 4.74 Å². The van der Waals surface area contributed by atoms with Gasteiger partial charge in [0.25, 0.3) is 0 Å². The van der Waals surface area contributed by atoms with Crippen LogP contribution in [-0.2, 0) is 6.42 Å². The predicted molar refractivity (Wildman–Crippen MR) is 106 cm³/mol. The van der Waals surface area contributed by atoms with E-state index in [-0.39, 0.29) is 18.8 Å². The largest absolute Gasteiger partial charge is 0.494 e. The maximum atomic E-state index is 12.3. The van der Waals surface area contributed by atoms with Crippen molar-refractivity contribution in [2.24, 2.45) is 0 Å². The minimum absolute atomic E-state index is 0.0129. The Labute approximate surface area is 164 Å². The van der Waals surface area contributed by atoms with E-state index in [2.05, 4.69) is 19.1 Å². The van der Waals surface area contributed by atoms with Gasteiger partial charge in [-0.3, -0.25) is 4.79 Å². The van der Waals surface area contributed by atoms with Crippen molar-refractivity contribution < 1.29 is 22.7 Å². The number of allylic oxidation sites excluding steroid dienone is 1. The number of carbonyl (C=O) groups is 1. The summed E-state index contributed by atoms with van der Waals surface area (Å²) in [5.41, 5.74) is 2.74. The van der Waals surface area contributed by atoms with Crippen molar-refractivity contribution >= 4 is 11.9 Å². The lowest BCUT2D eigenvalue weighted by atomic mass is 10.1. The zero-order valence-corrected chi connectivity index (χ0v) is 16.0. The minimum Gasteiger partial charge on any atom is -0.494 e. The fourth-order valence-corrected chi connectivity index (χ4v) is 2.62. The summed E-state index contributed by atoms with van der Waals surface area (Å²) in [6.45, 7) is 2.15. The lowest BCUT2D eigenvalue weighted by Gasteiger charge is -2.08. The van der Waals surface area contributed by atoms with Crippen LogP contribution >= 0.6 is 0 Å². The third-order valence-electron chi connectivity index (χ3n) is 4.24. The van der Waals surface area contributed by atoms with Crippen LogP contribution in [0.1, 0.15) is 54.1 Å². The molecule has 2 aromatic rings. The molecule has 0 saturated carbocycles. The normalized spacial score (nSPS) is 11.7. The summed E-state index contributed by atoms with van der Waals surface area (Å²) in [6, 6.07) is 14.5. The quantitative estimate of drug-likeness (QED) is 0.258. The maximum absolute atomic E-state index is 12.3. The first-order chi connectivity index (χ1) is 13.4. The smallest absolute Gasteiger partial charge is 0.389 e. The van der Waals surface area contributed by atoms with E-state index >= 15 is 0 Å². The van der Waals surface area contributed by atoms with Crippen LogP contribution < -0.4 is 4.74 Å². The van der Waals surface area contributed by atoms with E-state index in [1.807, 2.05) is 12.1 Å². The summed E-state index contributed by atoms with van der Waals surface area (Å²) in [5.74, 6) is 0.309. The number of ketones is 1. The molecule has 5 heteroatoms. The highest BCUT2D eigenvalue weighted by molar-refractivity contribution is 6.06. The molecule has 0 aromatic heterocycles. The molecule has 0 unspecified atom stereocenters. The van der Waals surface area contributed by atoms with E-state index in [1.165, 1.54) is 11.6 Å². The third kappa shape index (κ3) is 7.99. The van der Waals surface area contributed by atoms with Gasteiger partial charge < -0.3 is 4.74 Å². The van der Waals surface area contributed by atoms with Crippen molar-refractivity contribution in [2.75, 3.05) is 6.61 Å². The van der Waals surface area contributed by atoms with Gasteiger partial charge in [0.05, 0.1) is 6.61 Å². The second-order valence-electron chi connectivity index (χ2n) is 6.63. The Bertz CT molecular complexity index is 760. The van der Waals surface area contributed by atoms with Gasteiger partial charge in [-0.2, -0.15) is 13.2 Å². The van der Waals surface area contributed by atoms with Gasteiger partial charge in [-0.1, -0.05) is 43.7 Å². The monoisotopic (exact) mass is 390 g/mol. The number of ether oxygens (including phenoxy) is 1. The fraction of sp³-hybridized carbons (Fsp3) is 0.348. The summed E-state index contributed by atoms with van der Waals surface area (Å²) >= 11 is 0. The minimum atomic E-state index is -4.16. The summed E-state index contributed by atoms with van der Waals surface area (Å²) in [7, 11) is 0. The number of unbranched alkanes of at least 4 members (excludes halogenated alkanes) is 1. The molecular formula is C23H25F3O2. The van der Waals surface area contributed by atoms with Crippen molar-refractivity contribution in [1.29, 1.82) is 0 Å². The topological polar surface area (TPSA) is 26.3 Å². The van der Waals surface area contributed by atoms with Crippen LogP contribution in [0.4, 0.5) is 13.2 Å². The first-order valence-corrected chi connectivity index (χ1v) is 9.48. The Morgan fingerprint density at radius 1 is 1.00 bits per heavy atom. The average molecular weight is 390 g/mol. The van der Waals surface area contributed by atoms with Crippen molar-refractivity contribution in [3.8, 4) is 5.75 Å². The Kier molecular flexibility index (Phi) is 8.30. The third-order valence-corrected chi connectivity index (χ3v) is 4.24. The maximum Gasteiger partial charge on any atom is 0.389 e. The van der Waals surface area contributed by atoms with Gasteiger partial charge in [0.15, 0.2) is 5.78 Å². The van der Waals surface area contributed by atoms with Crippen LogP contribution in [0.25, 0.3) is 6.08 Å². The van der Waals surface area contributed by atoms with Gasteiger partial charge >= 0.3 is 6.18 Å². The molecule has 0 saturated heterocycles. The van der Waals surface area contributed by atoms with Crippen LogP contribution in [0.3, 0.4) is 0 Å². The zero-order chi connectivity index (χ0) is 20.4. The zero-order valence-electron chi connectivity index (χ0n) is 16.0. The van der Waals surface area contributed by atoms with Crippen LogP contribution in [0, 0.1) is 0 Å². The van der Waals surface area contributed by atoms with Gasteiger partial charge in [-0.15, -0.1) is 0 Å². The Morgan fingerprint density at radius 2 is 1.68 bits per heavy atom. The highest BCUT2D eigenvalue weighted by Crippen LogP contribution is 2.22. The van der Waals surface area contributed by atoms with Crippen molar-refractivity contribution in [1.82, 2.24) is 0 Å². The van der Waals surface area contributed by atoms with E-state index < -0.39 is 12.6 Å². The lowest BCUT2D eigenvalue weighted by molar-refractivity contribution is -0.136. The molecule has 150 valence electrons. The molecule has 0 atom stereocenters. The number of halogens is 3. The average Bonchev–Trinajstić information content (AvgIpc) is 2.68. The first kappa shape index (κ1) is 21.7. The number of aryl methyl sites for hydroxylation is 1. The standard InChI is InChI=1S/C23H25F3O2/c1-2-3-5-18-6-8-19(9-7-18)10-15-22(27)20-11-13-21(14-12-20)28-17-4-16-23(24,25)26/h6-15H,2-5,16-17H2,1H3/b15-10+. The van der Waals surface area contributed by atoms with E-state index in [1.54, 1.807) is 30.3 Å². The molecule has 2 rings (SSSR count). The van der Waals surface area contributed by atoms with Gasteiger partial charge in [0.2, 0.25) is 0 Å². The summed E-state index contributed by atoms with van der Waals surface area (Å²) in [6.07, 6.45) is 1.54. The fourth-order valence-electron chi connectivity index (χ4n) is 2.62. The SMILES string of the molecule is CCCCc1ccc(/C=C/C(=O)c2ccc(OCCCC(F)(F)F)cc2)cc1. The van der Waals surface area contributed by atoms with Gasteiger partial charge in [0.1, 0.15) is 5.75 Å². The molecule has 0 radical (unpaired) electrons. The summed E-state index contributed by atoms with van der Waals surface area (Å²) in [4.78, 5) is 12.3. The van der Waals surface area contributed by atoms with Crippen LogP contribution in [0.2, 0.25) is 0 Å². The number of alkyl halides is 3. The van der Waals surface area contributed by atoms with Gasteiger partial charge in [-0.05, 0) is 60.7 Å². The van der Waals surface area contributed by atoms with Gasteiger partial charge in [0, 0.05) is 12.0 Å². The second-order valence-corrected chi connectivity index (χ2v) is 6.63. The lowest BCUT2D eigenvalue weighted by Crippen LogP contribution is -2.09. The molecule has 0 aliphatic rings. The van der Waals surface area contributed by atoms with Crippen LogP contribution in [0.15, 0.2) is 54.6 Å². The first-order valence-electron chi connectivity index (χ1n) is 9.48. The second kappa shape index (κ2) is 10.7. The molecule has 2 aromatic carbocycles. The highest BCUT2D eigenvalue weighted by Gasteiger charge is 2.26. The Hall–Kier alpha value is -2.56. The molecular weight excluding hydrogens is 365 g/mol. The Balaban J connectivity index is 1.84. The Morgan fingerprint density at radius 3 is 2.29 bits per heavy atom. The molecule has 0 heterocycles. The van der Waals surface area contributed by atoms with Crippen molar-refractivity contribution in [2.45, 2.75) is 45.2 Å². The number of hydrogen-bond donors (Lipinski definition) is 0. The summed E-state index contributed by atoms with van der Waals surface area (Å²) in [5, 5.41) is 0. The number of hydrogen-bond acceptors (Lipinski definition) is 2. The molecule has 28 heavy (non-hydrogen) atoms. The van der Waals surface area contributed by atoms with Crippen LogP contribution in [-0.4, -0.2) is 18.6 Å². The molecule has 0 bridgehead atoms. The molecule has 0 spiro atoms. The molecule has 0 amide bonds. The van der Waals surface area contributed by atoms with Gasteiger partial charge in [-0.25, -0.2) is 0 Å². The number of benzene rings is 2. The summed E-state index contributed by atoms with van der Waals surface area (Å²) < 4.78 is 41.5. The molecule has 0 fully saturated rings. The van der Waals surface area contributed by atoms with Crippen molar-refractivity contribution in [3.63, 3.8) is 0 Å². The van der Waals surface area contributed by atoms with E-state index in [0.29, 0.717) is 11.3 Å². The predicted octanol–water partition coefficient (Wildman–Crippen LogP) is 6.65. The number of rotatable bonds is 10. The van der Waals surface area contributed by atoms with E-state index in [0.717, 1.165) is 24.8 Å². The van der Waals surface area contributed by atoms with Crippen LogP contribution in [0.5, 0.6) is 5.75 Å². The highest BCUT2D eigenvalue weighted by atomic mass is 19.4. The number of carbonyl (C=O) groups excluding carboxylic acids is 1. The van der Waals surface area contributed by atoms with E-state index in [9.17, 15) is 18.0 Å². The molecule has 0 aliphatic carbocycles. The molecule has 0 N–H and O–H groups in total.